The summed E-state index contributed by atoms with van der Waals surface area (Å²) in [6, 6.07) is -0.00597. The Kier molecular flexibility index (Phi) is 5.11. The van der Waals surface area contributed by atoms with Crippen LogP contribution in [0.3, 0.4) is 0 Å². The molecule has 0 saturated heterocycles. The lowest BCUT2D eigenvalue weighted by atomic mass is 9.89. The highest BCUT2D eigenvalue weighted by Crippen LogP contribution is 2.35. The molecule has 0 bridgehead atoms. The second kappa shape index (κ2) is 6.50. The Morgan fingerprint density at radius 1 is 1.33 bits per heavy atom. The van der Waals surface area contributed by atoms with Crippen LogP contribution in [0.25, 0.3) is 0 Å². The molecule has 0 aliphatic rings. The van der Waals surface area contributed by atoms with E-state index >= 15 is 0 Å². The van der Waals surface area contributed by atoms with Crippen LogP contribution in [0.4, 0.5) is 0 Å². The first-order valence-corrected chi connectivity index (χ1v) is 8.54. The molecule has 0 radical (unpaired) electrons. The minimum atomic E-state index is -0.0486. The van der Waals surface area contributed by atoms with Crippen molar-refractivity contribution in [1.29, 1.82) is 0 Å². The molecule has 0 aromatic carbocycles. The van der Waals surface area contributed by atoms with Gasteiger partial charge in [-0.05, 0) is 40.4 Å². The Bertz CT molecular complexity index is 581. The average molecular weight is 373 g/mol. The van der Waals surface area contributed by atoms with Crippen molar-refractivity contribution in [1.82, 2.24) is 29.9 Å². The van der Waals surface area contributed by atoms with E-state index < -0.39 is 0 Å². The Morgan fingerprint density at radius 2 is 2.05 bits per heavy atom. The SMILES string of the molecule is CCCNC(c1snnc1C(C)(C)C)c1c(Br)nnn1C. The zero-order valence-corrected chi connectivity index (χ0v) is 15.4. The molecule has 2 heterocycles. The molecule has 0 saturated carbocycles. The minimum absolute atomic E-state index is 0.00597. The zero-order chi connectivity index (χ0) is 15.6. The van der Waals surface area contributed by atoms with Gasteiger partial charge < -0.3 is 5.32 Å². The molecule has 1 N–H and O–H groups in total. The highest BCUT2D eigenvalue weighted by atomic mass is 79.9. The molecule has 2 rings (SSSR count). The van der Waals surface area contributed by atoms with E-state index in [4.69, 9.17) is 0 Å². The molecule has 0 aliphatic heterocycles. The highest BCUT2D eigenvalue weighted by molar-refractivity contribution is 9.10. The normalized spacial score (nSPS) is 13.6. The lowest BCUT2D eigenvalue weighted by Gasteiger charge is -2.22. The fraction of sp³-hybridized carbons (Fsp3) is 0.692. The van der Waals surface area contributed by atoms with E-state index in [0.29, 0.717) is 0 Å². The maximum Gasteiger partial charge on any atom is 0.153 e. The lowest BCUT2D eigenvalue weighted by molar-refractivity contribution is 0.520. The van der Waals surface area contributed by atoms with Gasteiger partial charge in [-0.25, -0.2) is 4.68 Å². The minimum Gasteiger partial charge on any atom is -0.304 e. The third-order valence-corrected chi connectivity index (χ3v) is 4.54. The second-order valence-corrected chi connectivity index (χ2v) is 7.55. The van der Waals surface area contributed by atoms with Gasteiger partial charge in [0.05, 0.1) is 22.3 Å². The number of nitrogens with one attached hydrogen (secondary N) is 1. The van der Waals surface area contributed by atoms with E-state index in [1.54, 1.807) is 4.68 Å². The molecule has 2 aromatic heterocycles. The predicted octanol–water partition coefficient (Wildman–Crippen LogP) is 2.82. The molecular formula is C13H21BrN6S. The van der Waals surface area contributed by atoms with Gasteiger partial charge in [0.2, 0.25) is 0 Å². The molecule has 21 heavy (non-hydrogen) atoms. The fourth-order valence-electron chi connectivity index (χ4n) is 2.15. The number of rotatable bonds is 5. The topological polar surface area (TPSA) is 68.5 Å². The number of hydrogen-bond acceptors (Lipinski definition) is 6. The van der Waals surface area contributed by atoms with Crippen molar-refractivity contribution in [3.63, 3.8) is 0 Å². The summed E-state index contributed by atoms with van der Waals surface area (Å²) in [5.74, 6) is 0. The molecule has 116 valence electrons. The standard InChI is InChI=1S/C13H21BrN6S/c1-6-7-15-8(9-12(14)17-18-20(9)5)10-11(13(2,3)4)16-19-21-10/h8,15H,6-7H2,1-5H3. The van der Waals surface area contributed by atoms with Gasteiger partial charge in [0.1, 0.15) is 0 Å². The van der Waals surface area contributed by atoms with Gasteiger partial charge in [0.15, 0.2) is 4.60 Å². The number of aryl methyl sites for hydroxylation is 1. The quantitative estimate of drug-likeness (QED) is 0.873. The van der Waals surface area contributed by atoms with Crippen LogP contribution in [0.5, 0.6) is 0 Å². The van der Waals surface area contributed by atoms with E-state index in [2.05, 4.69) is 68.8 Å². The number of halogens is 1. The van der Waals surface area contributed by atoms with Crippen molar-refractivity contribution in [3.05, 3.63) is 20.9 Å². The summed E-state index contributed by atoms with van der Waals surface area (Å²) in [5.41, 5.74) is 1.97. The zero-order valence-electron chi connectivity index (χ0n) is 13.0. The molecule has 2 aromatic rings. The summed E-state index contributed by atoms with van der Waals surface area (Å²) >= 11 is 4.94. The third-order valence-electron chi connectivity index (χ3n) is 3.18. The van der Waals surface area contributed by atoms with Gasteiger partial charge in [-0.15, -0.1) is 10.2 Å². The molecule has 1 atom stereocenters. The highest BCUT2D eigenvalue weighted by Gasteiger charge is 2.31. The van der Waals surface area contributed by atoms with Crippen LogP contribution in [0.15, 0.2) is 4.60 Å². The summed E-state index contributed by atoms with van der Waals surface area (Å²) < 4.78 is 6.72. The molecule has 6 nitrogen and oxygen atoms in total. The number of aromatic nitrogens is 5. The maximum atomic E-state index is 4.35. The van der Waals surface area contributed by atoms with Gasteiger partial charge in [0.25, 0.3) is 0 Å². The first kappa shape index (κ1) is 16.5. The number of hydrogen-bond donors (Lipinski definition) is 1. The van der Waals surface area contributed by atoms with Gasteiger partial charge in [-0.2, -0.15) is 0 Å². The van der Waals surface area contributed by atoms with Crippen molar-refractivity contribution in [2.24, 2.45) is 7.05 Å². The van der Waals surface area contributed by atoms with Crippen LogP contribution in [0, 0.1) is 0 Å². The van der Waals surface area contributed by atoms with Gasteiger partial charge in [-0.3, -0.25) is 0 Å². The van der Waals surface area contributed by atoms with Crippen molar-refractivity contribution in [2.45, 2.75) is 45.6 Å². The summed E-state index contributed by atoms with van der Waals surface area (Å²) in [4.78, 5) is 1.13. The Balaban J connectivity index is 2.49. The Labute approximate surface area is 137 Å². The van der Waals surface area contributed by atoms with Crippen molar-refractivity contribution in [3.8, 4) is 0 Å². The van der Waals surface area contributed by atoms with E-state index in [0.717, 1.165) is 33.8 Å². The monoisotopic (exact) mass is 372 g/mol. The smallest absolute Gasteiger partial charge is 0.153 e. The maximum absolute atomic E-state index is 4.35. The molecule has 0 spiro atoms. The van der Waals surface area contributed by atoms with Crippen molar-refractivity contribution in [2.75, 3.05) is 6.54 Å². The van der Waals surface area contributed by atoms with Crippen LogP contribution < -0.4 is 5.32 Å². The average Bonchev–Trinajstić information content (AvgIpc) is 3.00. The van der Waals surface area contributed by atoms with Crippen LogP contribution in [-0.4, -0.2) is 31.1 Å². The van der Waals surface area contributed by atoms with Crippen molar-refractivity contribution >= 4 is 27.5 Å². The molecule has 0 aliphatic carbocycles. The van der Waals surface area contributed by atoms with E-state index in [9.17, 15) is 0 Å². The Morgan fingerprint density at radius 3 is 2.57 bits per heavy atom. The van der Waals surface area contributed by atoms with Crippen LogP contribution in [-0.2, 0) is 12.5 Å². The summed E-state index contributed by atoms with van der Waals surface area (Å²) in [6.45, 7) is 9.52. The first-order chi connectivity index (χ1) is 9.86. The first-order valence-electron chi connectivity index (χ1n) is 6.97. The van der Waals surface area contributed by atoms with E-state index in [1.165, 1.54) is 11.5 Å². The molecule has 0 amide bonds. The van der Waals surface area contributed by atoms with Gasteiger partial charge in [-0.1, -0.05) is 37.4 Å². The Hall–Kier alpha value is -0.860. The fourth-order valence-corrected chi connectivity index (χ4v) is 3.65. The lowest BCUT2D eigenvalue weighted by Crippen LogP contribution is -2.27. The van der Waals surface area contributed by atoms with Crippen molar-refractivity contribution < 1.29 is 0 Å². The van der Waals surface area contributed by atoms with Crippen LogP contribution >= 0.6 is 27.5 Å². The molecule has 0 fully saturated rings. The largest absolute Gasteiger partial charge is 0.304 e. The summed E-state index contributed by atoms with van der Waals surface area (Å²) in [6.07, 6.45) is 1.05. The summed E-state index contributed by atoms with van der Waals surface area (Å²) in [5, 5.41) is 16.1. The predicted molar refractivity (Wildman–Crippen MR) is 87.4 cm³/mol. The van der Waals surface area contributed by atoms with Crippen LogP contribution in [0.2, 0.25) is 0 Å². The number of nitrogens with zero attached hydrogens (tertiary/aromatic N) is 5. The second-order valence-electron chi connectivity index (χ2n) is 6.01. The third kappa shape index (κ3) is 3.49. The molecule has 1 unspecified atom stereocenters. The summed E-state index contributed by atoms with van der Waals surface area (Å²) in [7, 11) is 1.90. The van der Waals surface area contributed by atoms with E-state index in [-0.39, 0.29) is 11.5 Å². The van der Waals surface area contributed by atoms with Gasteiger partial charge in [0, 0.05) is 12.5 Å². The van der Waals surface area contributed by atoms with E-state index in [1.807, 2.05) is 7.05 Å². The molecular weight excluding hydrogens is 352 g/mol. The van der Waals surface area contributed by atoms with Gasteiger partial charge >= 0.3 is 0 Å². The van der Waals surface area contributed by atoms with Crippen LogP contribution in [0.1, 0.15) is 56.4 Å². The molecule has 8 heteroatoms.